The first-order valence-electron chi connectivity index (χ1n) is 11.1. The highest BCUT2D eigenvalue weighted by Gasteiger charge is 2.38. The van der Waals surface area contributed by atoms with Crippen LogP contribution in [0.5, 0.6) is 0 Å². The number of hydrogen-bond donors (Lipinski definition) is 2. The van der Waals surface area contributed by atoms with E-state index in [2.05, 4.69) is 26.3 Å². The number of halogens is 4. The van der Waals surface area contributed by atoms with Gasteiger partial charge in [0.25, 0.3) is 5.91 Å². The normalized spacial score (nSPS) is 13.9. The lowest BCUT2D eigenvalue weighted by atomic mass is 10.0. The van der Waals surface area contributed by atoms with Gasteiger partial charge in [-0.1, -0.05) is 18.2 Å². The molecule has 2 aromatic carbocycles. The minimum atomic E-state index is -5.08. The number of carboxylic acids is 1. The smallest absolute Gasteiger partial charge is 0.475 e. The molecule has 196 valence electrons. The Morgan fingerprint density at radius 2 is 1.70 bits per heavy atom. The number of benzene rings is 2. The molecule has 12 heteroatoms. The van der Waals surface area contributed by atoms with Crippen LogP contribution in [0.2, 0.25) is 0 Å². The van der Waals surface area contributed by atoms with E-state index in [0.717, 1.165) is 42.3 Å². The van der Waals surface area contributed by atoms with Gasteiger partial charge in [0.1, 0.15) is 12.1 Å². The van der Waals surface area contributed by atoms with Crippen molar-refractivity contribution in [1.82, 2.24) is 14.9 Å². The SMILES string of the molecule is Cc1ccc(CN2CCSCC2)cc1NC(=O)c1ccc(-c2cncnc2)cc1F.O=C(O)C(F)(F)F. The number of carbonyl (C=O) groups is 2. The van der Waals surface area contributed by atoms with Crippen LogP contribution >= 0.6 is 11.8 Å². The van der Waals surface area contributed by atoms with E-state index < -0.39 is 23.9 Å². The predicted molar refractivity (Wildman–Crippen MR) is 133 cm³/mol. The summed E-state index contributed by atoms with van der Waals surface area (Å²) in [4.78, 5) is 32.0. The molecular weight excluding hydrogens is 512 g/mol. The predicted octanol–water partition coefficient (Wildman–Crippen LogP) is 5.03. The van der Waals surface area contributed by atoms with Gasteiger partial charge in [0, 0.05) is 54.8 Å². The molecule has 1 aromatic heterocycles. The summed E-state index contributed by atoms with van der Waals surface area (Å²) >= 11 is 1.98. The van der Waals surface area contributed by atoms with Crippen molar-refractivity contribution in [2.75, 3.05) is 29.9 Å². The van der Waals surface area contributed by atoms with E-state index in [1.807, 2.05) is 30.8 Å². The second-order valence-corrected chi connectivity index (χ2v) is 9.34. The molecule has 4 rings (SSSR count). The number of thioether (sulfide) groups is 1. The summed E-state index contributed by atoms with van der Waals surface area (Å²) in [7, 11) is 0. The van der Waals surface area contributed by atoms with E-state index in [0.29, 0.717) is 16.8 Å². The van der Waals surface area contributed by atoms with Crippen molar-refractivity contribution in [1.29, 1.82) is 0 Å². The first-order chi connectivity index (χ1) is 17.5. The Morgan fingerprint density at radius 1 is 1.05 bits per heavy atom. The average Bonchev–Trinajstić information content (AvgIpc) is 2.87. The van der Waals surface area contributed by atoms with Crippen LogP contribution in [-0.4, -0.2) is 62.6 Å². The summed E-state index contributed by atoms with van der Waals surface area (Å²) in [6.45, 7) is 4.94. The van der Waals surface area contributed by atoms with Gasteiger partial charge < -0.3 is 10.4 Å². The van der Waals surface area contributed by atoms with Crippen molar-refractivity contribution >= 4 is 29.3 Å². The number of nitrogens with zero attached hydrogens (tertiary/aromatic N) is 3. The molecule has 2 N–H and O–H groups in total. The first kappa shape index (κ1) is 28.1. The van der Waals surface area contributed by atoms with Gasteiger partial charge in [0.15, 0.2) is 0 Å². The number of amides is 1. The molecule has 1 saturated heterocycles. The highest BCUT2D eigenvalue weighted by molar-refractivity contribution is 7.99. The number of rotatable bonds is 5. The molecule has 7 nitrogen and oxygen atoms in total. The Morgan fingerprint density at radius 3 is 2.30 bits per heavy atom. The fourth-order valence-corrected chi connectivity index (χ4v) is 4.41. The molecule has 0 bridgehead atoms. The number of nitrogens with one attached hydrogen (secondary N) is 1. The van der Waals surface area contributed by atoms with Crippen molar-refractivity contribution < 1.29 is 32.3 Å². The Bertz CT molecular complexity index is 1240. The summed E-state index contributed by atoms with van der Waals surface area (Å²) in [5, 5.41) is 10.0. The topological polar surface area (TPSA) is 95.4 Å². The van der Waals surface area contributed by atoms with E-state index in [1.54, 1.807) is 18.5 Å². The molecule has 0 aliphatic carbocycles. The Hall–Kier alpha value is -3.51. The zero-order valence-electron chi connectivity index (χ0n) is 19.8. The maximum atomic E-state index is 14.7. The van der Waals surface area contributed by atoms with E-state index in [9.17, 15) is 22.4 Å². The monoisotopic (exact) mass is 536 g/mol. The second kappa shape index (κ2) is 12.6. The van der Waals surface area contributed by atoms with Gasteiger partial charge in [0.05, 0.1) is 5.56 Å². The lowest BCUT2D eigenvalue weighted by Gasteiger charge is -2.26. The van der Waals surface area contributed by atoms with Crippen LogP contribution in [0.15, 0.2) is 55.1 Å². The molecule has 0 unspecified atom stereocenters. The highest BCUT2D eigenvalue weighted by Crippen LogP contribution is 2.23. The molecule has 37 heavy (non-hydrogen) atoms. The van der Waals surface area contributed by atoms with Gasteiger partial charge >= 0.3 is 12.1 Å². The number of anilines is 1. The Balaban J connectivity index is 0.000000479. The second-order valence-electron chi connectivity index (χ2n) is 8.12. The number of hydrogen-bond acceptors (Lipinski definition) is 6. The third kappa shape index (κ3) is 8.25. The van der Waals surface area contributed by atoms with Gasteiger partial charge in [0.2, 0.25) is 0 Å². The summed E-state index contributed by atoms with van der Waals surface area (Å²) in [5.74, 6) is -1.49. The third-order valence-corrected chi connectivity index (χ3v) is 6.35. The number of alkyl halides is 3. The Kier molecular flexibility index (Phi) is 9.59. The summed E-state index contributed by atoms with van der Waals surface area (Å²) in [5.41, 5.74) is 4.13. The van der Waals surface area contributed by atoms with Crippen LogP contribution in [-0.2, 0) is 11.3 Å². The fraction of sp³-hybridized carbons (Fsp3) is 0.280. The van der Waals surface area contributed by atoms with Gasteiger partial charge in [-0.3, -0.25) is 9.69 Å². The van der Waals surface area contributed by atoms with Crippen LogP contribution < -0.4 is 5.32 Å². The van der Waals surface area contributed by atoms with Crippen molar-refractivity contribution in [2.45, 2.75) is 19.6 Å². The number of aliphatic carboxylic acids is 1. The van der Waals surface area contributed by atoms with Gasteiger partial charge in [-0.2, -0.15) is 24.9 Å². The largest absolute Gasteiger partial charge is 0.490 e. The van der Waals surface area contributed by atoms with Gasteiger partial charge in [-0.15, -0.1) is 0 Å². The summed E-state index contributed by atoms with van der Waals surface area (Å²) < 4.78 is 46.4. The quantitative estimate of drug-likeness (QED) is 0.442. The molecule has 1 fully saturated rings. The molecular formula is C25H24F4N4O3S. The lowest BCUT2D eigenvalue weighted by Crippen LogP contribution is -2.32. The molecule has 1 aliphatic rings. The highest BCUT2D eigenvalue weighted by atomic mass is 32.2. The molecule has 1 amide bonds. The van der Waals surface area contributed by atoms with Crippen molar-refractivity contribution in [3.63, 3.8) is 0 Å². The Labute approximate surface area is 214 Å². The van der Waals surface area contributed by atoms with E-state index in [4.69, 9.17) is 9.90 Å². The third-order valence-electron chi connectivity index (χ3n) is 5.41. The van der Waals surface area contributed by atoms with Crippen LogP contribution in [0.3, 0.4) is 0 Å². The van der Waals surface area contributed by atoms with Crippen LogP contribution in [0, 0.1) is 12.7 Å². The van der Waals surface area contributed by atoms with E-state index in [1.165, 1.54) is 18.5 Å². The molecule has 0 atom stereocenters. The fourth-order valence-electron chi connectivity index (χ4n) is 3.44. The van der Waals surface area contributed by atoms with Crippen molar-refractivity contribution in [3.05, 3.63) is 77.6 Å². The van der Waals surface area contributed by atoms with Crippen molar-refractivity contribution in [3.8, 4) is 11.1 Å². The standard InChI is InChI=1S/C23H23FN4OS.C2HF3O2/c1-16-2-3-17(14-28-6-8-30-9-7-28)10-22(16)27-23(29)20-5-4-18(11-21(20)24)19-12-25-15-26-13-19;3-2(4,5)1(6)7/h2-5,10-13,15H,6-9,14H2,1H3,(H,27,29);(H,6,7). The minimum Gasteiger partial charge on any atom is -0.475 e. The average molecular weight is 537 g/mol. The first-order valence-corrected chi connectivity index (χ1v) is 12.3. The summed E-state index contributed by atoms with van der Waals surface area (Å²) in [6.07, 6.45) is -0.447. The van der Waals surface area contributed by atoms with Crippen LogP contribution in [0.1, 0.15) is 21.5 Å². The molecule has 1 aliphatic heterocycles. The summed E-state index contributed by atoms with van der Waals surface area (Å²) in [6, 6.07) is 10.6. The van der Waals surface area contributed by atoms with Crippen molar-refractivity contribution in [2.24, 2.45) is 0 Å². The zero-order valence-corrected chi connectivity index (χ0v) is 20.6. The van der Waals surface area contributed by atoms with Crippen LogP contribution in [0.25, 0.3) is 11.1 Å². The van der Waals surface area contributed by atoms with Gasteiger partial charge in [-0.25, -0.2) is 19.2 Å². The molecule has 3 aromatic rings. The molecule has 0 saturated carbocycles. The number of carbonyl (C=O) groups excluding carboxylic acids is 1. The molecule has 2 heterocycles. The maximum Gasteiger partial charge on any atom is 0.490 e. The van der Waals surface area contributed by atoms with E-state index in [-0.39, 0.29) is 5.56 Å². The number of aromatic nitrogens is 2. The van der Waals surface area contributed by atoms with Crippen LogP contribution in [0.4, 0.5) is 23.2 Å². The molecule has 0 spiro atoms. The number of aryl methyl sites for hydroxylation is 1. The van der Waals surface area contributed by atoms with Gasteiger partial charge in [-0.05, 0) is 41.8 Å². The van der Waals surface area contributed by atoms with E-state index >= 15 is 0 Å². The number of carboxylic acid groups (broad SMARTS) is 1. The molecule has 0 radical (unpaired) electrons. The maximum absolute atomic E-state index is 14.7. The minimum absolute atomic E-state index is 0.00783. The lowest BCUT2D eigenvalue weighted by molar-refractivity contribution is -0.192. The zero-order chi connectivity index (χ0) is 27.0.